The van der Waals surface area contributed by atoms with Crippen LogP contribution >= 0.6 is 0 Å². The summed E-state index contributed by atoms with van der Waals surface area (Å²) in [6.07, 6.45) is 3.81. The maximum Gasteiger partial charge on any atom is 0.252 e. The van der Waals surface area contributed by atoms with Crippen LogP contribution in [0.5, 0.6) is 0 Å². The van der Waals surface area contributed by atoms with E-state index in [1.54, 1.807) is 12.1 Å². The molecule has 1 fully saturated rings. The summed E-state index contributed by atoms with van der Waals surface area (Å²) in [5.74, 6) is 0.147. The van der Waals surface area contributed by atoms with Gasteiger partial charge in [0.25, 0.3) is 5.91 Å². The molecule has 1 aliphatic carbocycles. The molecule has 1 aromatic carbocycles. The van der Waals surface area contributed by atoms with Gasteiger partial charge in [0.15, 0.2) is 5.82 Å². The van der Waals surface area contributed by atoms with Crippen LogP contribution in [0.3, 0.4) is 0 Å². The Kier molecular flexibility index (Phi) is 7.34. The van der Waals surface area contributed by atoms with Crippen LogP contribution in [0.2, 0.25) is 0 Å². The van der Waals surface area contributed by atoms with Crippen LogP contribution in [-0.4, -0.2) is 65.2 Å². The molecule has 10 heteroatoms. The van der Waals surface area contributed by atoms with Gasteiger partial charge >= 0.3 is 0 Å². The maximum atomic E-state index is 13.0. The van der Waals surface area contributed by atoms with Gasteiger partial charge in [0.1, 0.15) is 6.04 Å². The van der Waals surface area contributed by atoms with Gasteiger partial charge < -0.3 is 21.3 Å². The van der Waals surface area contributed by atoms with Crippen molar-refractivity contribution in [1.29, 1.82) is 0 Å². The largest absolute Gasteiger partial charge is 0.378 e. The van der Waals surface area contributed by atoms with E-state index in [4.69, 9.17) is 5.73 Å². The first kappa shape index (κ1) is 21.7. The Morgan fingerprint density at radius 2 is 2.17 bits per heavy atom. The summed E-state index contributed by atoms with van der Waals surface area (Å²) in [5, 5.41) is 20.2. The Morgan fingerprint density at radius 3 is 2.87 bits per heavy atom. The number of aromatic nitrogens is 4. The molecule has 0 aliphatic heterocycles. The van der Waals surface area contributed by atoms with Crippen molar-refractivity contribution < 1.29 is 9.59 Å². The van der Waals surface area contributed by atoms with Gasteiger partial charge in [0, 0.05) is 37.3 Å². The summed E-state index contributed by atoms with van der Waals surface area (Å²) < 4.78 is 0. The highest BCUT2D eigenvalue weighted by atomic mass is 16.2. The number of nitrogens with one attached hydrogen (secondary N) is 3. The molecule has 0 unspecified atom stereocenters. The van der Waals surface area contributed by atoms with Crippen molar-refractivity contribution in [3.8, 4) is 0 Å². The fourth-order valence-electron chi connectivity index (χ4n) is 3.81. The summed E-state index contributed by atoms with van der Waals surface area (Å²) in [6.45, 7) is 0.449. The van der Waals surface area contributed by atoms with Crippen LogP contribution in [0.25, 0.3) is 0 Å². The number of amides is 2. The van der Waals surface area contributed by atoms with Crippen molar-refractivity contribution in [2.24, 2.45) is 5.73 Å². The first-order valence-electron chi connectivity index (χ1n) is 10.3. The molecule has 1 aromatic heterocycles. The number of carbonyl (C=O) groups is 2. The maximum absolute atomic E-state index is 13.0. The predicted octanol–water partition coefficient (Wildman–Crippen LogP) is 0.556. The molecule has 30 heavy (non-hydrogen) atoms. The van der Waals surface area contributed by atoms with Crippen molar-refractivity contribution in [2.75, 3.05) is 25.5 Å². The first-order valence-corrected chi connectivity index (χ1v) is 10.3. The summed E-state index contributed by atoms with van der Waals surface area (Å²) in [4.78, 5) is 27.8. The van der Waals surface area contributed by atoms with Crippen LogP contribution < -0.4 is 21.3 Å². The van der Waals surface area contributed by atoms with Crippen LogP contribution in [0, 0.1) is 0 Å². The van der Waals surface area contributed by atoms with Crippen molar-refractivity contribution >= 4 is 17.5 Å². The molecule has 1 saturated carbocycles. The summed E-state index contributed by atoms with van der Waals surface area (Å²) in [6, 6.07) is 6.56. The van der Waals surface area contributed by atoms with Gasteiger partial charge in [0.2, 0.25) is 5.91 Å². The number of nitrogens with zero attached hydrogens (tertiary/aromatic N) is 4. The Morgan fingerprint density at radius 1 is 1.33 bits per heavy atom. The molecule has 2 aromatic rings. The van der Waals surface area contributed by atoms with E-state index in [9.17, 15) is 9.59 Å². The number of hydrogen-bond donors (Lipinski definition) is 4. The lowest BCUT2D eigenvalue weighted by atomic mass is 10.0. The van der Waals surface area contributed by atoms with Crippen molar-refractivity contribution in [2.45, 2.75) is 50.1 Å². The average molecular weight is 415 g/mol. The Bertz CT molecular complexity index is 839. The number of H-pyrrole nitrogens is 1. The van der Waals surface area contributed by atoms with Crippen LogP contribution in [-0.2, 0) is 4.79 Å². The minimum absolute atomic E-state index is 0.0235. The molecule has 3 rings (SSSR count). The fourth-order valence-corrected chi connectivity index (χ4v) is 3.81. The molecule has 162 valence electrons. The normalized spacial score (nSPS) is 19.3. The minimum atomic E-state index is -0.657. The molecule has 0 spiro atoms. The number of tetrazole rings is 1. The highest BCUT2D eigenvalue weighted by Crippen LogP contribution is 2.32. The Balaban J connectivity index is 1.68. The van der Waals surface area contributed by atoms with E-state index < -0.39 is 6.04 Å². The number of anilines is 1. The average Bonchev–Trinajstić information content (AvgIpc) is 3.42. The first-order chi connectivity index (χ1) is 14.5. The fraction of sp³-hybridized carbons (Fsp3) is 0.550. The van der Waals surface area contributed by atoms with Gasteiger partial charge in [-0.3, -0.25) is 9.59 Å². The molecule has 5 N–H and O–H groups in total. The third-order valence-corrected chi connectivity index (χ3v) is 5.48. The van der Waals surface area contributed by atoms with Crippen LogP contribution in [0.15, 0.2) is 24.3 Å². The lowest BCUT2D eigenvalue weighted by molar-refractivity contribution is -0.123. The van der Waals surface area contributed by atoms with Crippen LogP contribution in [0.4, 0.5) is 5.69 Å². The molecule has 1 aliphatic rings. The molecule has 10 nitrogen and oxygen atoms in total. The third kappa shape index (κ3) is 5.32. The second-order valence-electron chi connectivity index (χ2n) is 7.82. The Hall–Kier alpha value is -3.01. The van der Waals surface area contributed by atoms with Crippen molar-refractivity contribution in [3.63, 3.8) is 0 Å². The van der Waals surface area contributed by atoms with Crippen molar-refractivity contribution in [3.05, 3.63) is 35.7 Å². The summed E-state index contributed by atoms with van der Waals surface area (Å²) in [5.41, 5.74) is 7.07. The quantitative estimate of drug-likeness (QED) is 0.469. The minimum Gasteiger partial charge on any atom is -0.378 e. The van der Waals surface area contributed by atoms with E-state index in [2.05, 4.69) is 31.3 Å². The number of benzene rings is 1. The van der Waals surface area contributed by atoms with E-state index in [1.807, 2.05) is 31.1 Å². The van der Waals surface area contributed by atoms with Gasteiger partial charge in [-0.05, 0) is 50.4 Å². The van der Waals surface area contributed by atoms with Gasteiger partial charge in [-0.15, -0.1) is 10.2 Å². The van der Waals surface area contributed by atoms with E-state index in [-0.39, 0.29) is 23.8 Å². The number of nitrogens with two attached hydrogens (primary N) is 1. The zero-order valence-electron chi connectivity index (χ0n) is 17.5. The topological polar surface area (TPSA) is 142 Å². The predicted molar refractivity (Wildman–Crippen MR) is 113 cm³/mol. The lowest BCUT2D eigenvalue weighted by Gasteiger charge is -2.23. The van der Waals surface area contributed by atoms with Gasteiger partial charge in [0.05, 0.1) is 0 Å². The standard InChI is InChI=1S/C20H30N8O2/c1-28(2)14-7-3-6-13(12-14)19(29)23-17(10-5-11-21)20(30)22-16-9-4-8-15(16)18-24-26-27-25-18/h3,6-7,12,15-17H,4-5,8-11,21H2,1-2H3,(H,22,30)(H,23,29)(H,24,25,26,27)/t15-,16+,17+/m1/s1. The van der Waals surface area contributed by atoms with E-state index in [0.717, 1.165) is 24.9 Å². The number of hydrogen-bond acceptors (Lipinski definition) is 7. The smallest absolute Gasteiger partial charge is 0.252 e. The van der Waals surface area contributed by atoms with E-state index in [0.29, 0.717) is 30.8 Å². The highest BCUT2D eigenvalue weighted by Gasteiger charge is 2.34. The zero-order valence-corrected chi connectivity index (χ0v) is 17.5. The number of carbonyl (C=O) groups excluding carboxylic acids is 2. The molecular weight excluding hydrogens is 384 g/mol. The van der Waals surface area contributed by atoms with Crippen LogP contribution in [0.1, 0.15) is 54.2 Å². The molecule has 1 heterocycles. The molecule has 0 bridgehead atoms. The van der Waals surface area contributed by atoms with Gasteiger partial charge in [-0.25, -0.2) is 0 Å². The molecule has 2 amide bonds. The van der Waals surface area contributed by atoms with Gasteiger partial charge in [-0.1, -0.05) is 17.7 Å². The second-order valence-corrected chi connectivity index (χ2v) is 7.82. The monoisotopic (exact) mass is 414 g/mol. The van der Waals surface area contributed by atoms with Crippen molar-refractivity contribution in [1.82, 2.24) is 31.3 Å². The number of aromatic amines is 1. The van der Waals surface area contributed by atoms with E-state index >= 15 is 0 Å². The molecular formula is C20H30N8O2. The van der Waals surface area contributed by atoms with E-state index in [1.165, 1.54) is 0 Å². The third-order valence-electron chi connectivity index (χ3n) is 5.48. The molecule has 0 saturated heterocycles. The molecule has 0 radical (unpaired) electrons. The SMILES string of the molecule is CN(C)c1cccc(C(=O)N[C@@H](CCCN)C(=O)N[C@H]2CCC[C@H]2c2nn[nH]n2)c1. The summed E-state index contributed by atoms with van der Waals surface area (Å²) in [7, 11) is 3.83. The van der Waals surface area contributed by atoms with Gasteiger partial charge in [-0.2, -0.15) is 5.21 Å². The Labute approximate surface area is 176 Å². The summed E-state index contributed by atoms with van der Waals surface area (Å²) >= 11 is 0. The lowest BCUT2D eigenvalue weighted by Crippen LogP contribution is -2.50. The highest BCUT2D eigenvalue weighted by molar-refractivity contribution is 5.98. The number of rotatable bonds is 9. The second kappa shape index (κ2) is 10.1. The zero-order chi connectivity index (χ0) is 21.5. The molecule has 3 atom stereocenters.